The summed E-state index contributed by atoms with van der Waals surface area (Å²) in [6.45, 7) is 1.75. The standard InChI is InChI=1S/C26H19N5O4S/c1-14-21(30-11-4-3-7-19(30)28-14)23(32)20-22(15-6-5-10-27-13-15)31(25(34)24(20)33)26-29-17-9-8-16(35-2)12-18(17)36-26/h3-13,22,32H,1-2H3. The number of Topliss-reactive ketones (excluding diaryl/α,β-unsaturated/α-hetero) is 1. The lowest BCUT2D eigenvalue weighted by atomic mass is 9.97. The lowest BCUT2D eigenvalue weighted by Crippen LogP contribution is -2.29. The third-order valence-corrected chi connectivity index (χ3v) is 7.18. The van der Waals surface area contributed by atoms with E-state index in [0.717, 1.165) is 4.70 Å². The minimum Gasteiger partial charge on any atom is -0.505 e. The second-order valence-corrected chi connectivity index (χ2v) is 9.27. The van der Waals surface area contributed by atoms with Gasteiger partial charge in [0.25, 0.3) is 5.78 Å². The second-order valence-electron chi connectivity index (χ2n) is 8.26. The maximum absolute atomic E-state index is 13.5. The molecule has 1 amide bonds. The molecule has 1 aliphatic rings. The fourth-order valence-corrected chi connectivity index (χ4v) is 5.55. The van der Waals surface area contributed by atoms with Crippen LogP contribution in [0.5, 0.6) is 5.75 Å². The topological polar surface area (TPSA) is 110 Å². The van der Waals surface area contributed by atoms with Crippen molar-refractivity contribution in [2.24, 2.45) is 0 Å². The molecule has 1 N–H and O–H groups in total. The Morgan fingerprint density at radius 3 is 2.75 bits per heavy atom. The van der Waals surface area contributed by atoms with E-state index in [1.54, 1.807) is 73.4 Å². The number of carbonyl (C=O) groups excluding carboxylic acids is 2. The number of amides is 1. The van der Waals surface area contributed by atoms with E-state index in [4.69, 9.17) is 4.74 Å². The van der Waals surface area contributed by atoms with Gasteiger partial charge in [0.05, 0.1) is 34.6 Å². The summed E-state index contributed by atoms with van der Waals surface area (Å²) in [5, 5.41) is 11.9. The first-order valence-electron chi connectivity index (χ1n) is 11.1. The molecule has 0 aliphatic carbocycles. The molecule has 0 bridgehead atoms. The molecular weight excluding hydrogens is 478 g/mol. The number of anilines is 1. The smallest absolute Gasteiger partial charge is 0.301 e. The number of carbonyl (C=O) groups is 2. The molecule has 9 nitrogen and oxygen atoms in total. The van der Waals surface area contributed by atoms with E-state index in [2.05, 4.69) is 15.0 Å². The number of nitrogens with zero attached hydrogens (tertiary/aromatic N) is 5. The van der Waals surface area contributed by atoms with Crippen molar-refractivity contribution in [3.8, 4) is 5.75 Å². The van der Waals surface area contributed by atoms with Crippen LogP contribution in [0.1, 0.15) is 23.0 Å². The Kier molecular flexibility index (Phi) is 5.04. The molecule has 6 rings (SSSR count). The van der Waals surface area contributed by atoms with Gasteiger partial charge in [0.1, 0.15) is 17.1 Å². The van der Waals surface area contributed by atoms with Gasteiger partial charge < -0.3 is 9.84 Å². The normalized spacial score (nSPS) is 17.4. The molecule has 4 aromatic heterocycles. The predicted octanol–water partition coefficient (Wildman–Crippen LogP) is 4.28. The van der Waals surface area contributed by atoms with E-state index >= 15 is 0 Å². The van der Waals surface area contributed by atoms with E-state index in [1.807, 2.05) is 12.1 Å². The Labute approximate surface area is 208 Å². The van der Waals surface area contributed by atoms with E-state index in [1.165, 1.54) is 16.2 Å². The number of aryl methyl sites for hydroxylation is 1. The first-order valence-corrected chi connectivity index (χ1v) is 11.9. The van der Waals surface area contributed by atoms with E-state index in [-0.39, 0.29) is 11.3 Å². The Bertz CT molecular complexity index is 1710. The van der Waals surface area contributed by atoms with Crippen molar-refractivity contribution in [3.05, 3.63) is 89.6 Å². The van der Waals surface area contributed by atoms with Crippen LogP contribution >= 0.6 is 11.3 Å². The van der Waals surface area contributed by atoms with Crippen LogP contribution < -0.4 is 9.64 Å². The summed E-state index contributed by atoms with van der Waals surface area (Å²) in [7, 11) is 1.58. The number of benzene rings is 1. The molecule has 0 spiro atoms. The number of aliphatic hydroxyl groups excluding tert-OH is 1. The minimum atomic E-state index is -0.921. The highest BCUT2D eigenvalue weighted by Gasteiger charge is 2.48. The van der Waals surface area contributed by atoms with Crippen molar-refractivity contribution in [2.45, 2.75) is 13.0 Å². The average molecular weight is 498 g/mol. The number of ketones is 1. The largest absolute Gasteiger partial charge is 0.505 e. The summed E-state index contributed by atoms with van der Waals surface area (Å²) < 4.78 is 7.81. The minimum absolute atomic E-state index is 0.0430. The van der Waals surface area contributed by atoms with E-state index in [9.17, 15) is 14.7 Å². The zero-order valence-corrected chi connectivity index (χ0v) is 20.1. The van der Waals surface area contributed by atoms with Crippen LogP contribution in [0.15, 0.2) is 72.7 Å². The van der Waals surface area contributed by atoms with Crippen LogP contribution in [-0.2, 0) is 9.59 Å². The Morgan fingerprint density at radius 2 is 1.97 bits per heavy atom. The highest BCUT2D eigenvalue weighted by atomic mass is 32.1. The summed E-state index contributed by atoms with van der Waals surface area (Å²) in [6.07, 6.45) is 4.93. The molecule has 1 aliphatic heterocycles. The fourth-order valence-electron chi connectivity index (χ4n) is 4.53. The number of hydrogen-bond donors (Lipinski definition) is 1. The fraction of sp³-hybridized carbons (Fsp3) is 0.115. The number of aromatic nitrogens is 4. The quantitative estimate of drug-likeness (QED) is 0.224. The van der Waals surface area contributed by atoms with Crippen LogP contribution in [0.25, 0.3) is 21.6 Å². The maximum Gasteiger partial charge on any atom is 0.301 e. The van der Waals surface area contributed by atoms with E-state index < -0.39 is 17.7 Å². The number of methoxy groups -OCH3 is 1. The lowest BCUT2D eigenvalue weighted by molar-refractivity contribution is -0.132. The number of rotatable bonds is 4. The molecule has 1 unspecified atom stereocenters. The lowest BCUT2D eigenvalue weighted by Gasteiger charge is -2.22. The number of thiazole rings is 1. The summed E-state index contributed by atoms with van der Waals surface area (Å²) in [6, 6.07) is 13.4. The molecule has 1 fully saturated rings. The Hall–Kier alpha value is -4.57. The maximum atomic E-state index is 13.5. The zero-order valence-electron chi connectivity index (χ0n) is 19.2. The van der Waals surface area contributed by atoms with Crippen molar-refractivity contribution in [2.75, 3.05) is 12.0 Å². The molecule has 10 heteroatoms. The summed E-state index contributed by atoms with van der Waals surface area (Å²) in [5.41, 5.74) is 2.69. The molecule has 0 radical (unpaired) electrons. The van der Waals surface area contributed by atoms with Crippen LogP contribution in [0.4, 0.5) is 5.13 Å². The van der Waals surface area contributed by atoms with Crippen molar-refractivity contribution < 1.29 is 19.4 Å². The molecule has 1 aromatic carbocycles. The molecule has 0 saturated carbocycles. The number of pyridine rings is 2. The zero-order chi connectivity index (χ0) is 25.0. The summed E-state index contributed by atoms with van der Waals surface area (Å²) in [5.74, 6) is -1.22. The van der Waals surface area contributed by atoms with Gasteiger partial charge >= 0.3 is 5.91 Å². The van der Waals surface area contributed by atoms with Crippen LogP contribution in [-0.4, -0.2) is 43.3 Å². The molecular formula is C26H19N5O4S. The van der Waals surface area contributed by atoms with Crippen molar-refractivity contribution in [1.82, 2.24) is 19.4 Å². The van der Waals surface area contributed by atoms with Gasteiger partial charge in [-0.15, -0.1) is 0 Å². The van der Waals surface area contributed by atoms with Crippen LogP contribution in [0, 0.1) is 6.92 Å². The number of ether oxygens (including phenoxy) is 1. The third-order valence-electron chi connectivity index (χ3n) is 6.16. The van der Waals surface area contributed by atoms with Gasteiger partial charge in [0.15, 0.2) is 10.9 Å². The third kappa shape index (κ3) is 3.26. The van der Waals surface area contributed by atoms with Gasteiger partial charge in [-0.25, -0.2) is 9.97 Å². The van der Waals surface area contributed by atoms with Crippen LogP contribution in [0.2, 0.25) is 0 Å². The van der Waals surface area contributed by atoms with Gasteiger partial charge in [-0.05, 0) is 48.9 Å². The number of imidazole rings is 1. The number of fused-ring (bicyclic) bond motifs is 2. The average Bonchev–Trinajstić information content (AvgIpc) is 3.54. The van der Waals surface area contributed by atoms with Gasteiger partial charge in [-0.1, -0.05) is 23.5 Å². The van der Waals surface area contributed by atoms with Gasteiger partial charge in [0.2, 0.25) is 0 Å². The van der Waals surface area contributed by atoms with Crippen LogP contribution in [0.3, 0.4) is 0 Å². The first kappa shape index (κ1) is 21.9. The van der Waals surface area contributed by atoms with E-state index in [0.29, 0.717) is 39.0 Å². The molecule has 5 heterocycles. The highest BCUT2D eigenvalue weighted by molar-refractivity contribution is 7.22. The molecule has 36 heavy (non-hydrogen) atoms. The van der Waals surface area contributed by atoms with Gasteiger partial charge in [0, 0.05) is 18.6 Å². The highest BCUT2D eigenvalue weighted by Crippen LogP contribution is 2.44. The second kappa shape index (κ2) is 8.28. The Morgan fingerprint density at radius 1 is 1.11 bits per heavy atom. The molecule has 1 saturated heterocycles. The predicted molar refractivity (Wildman–Crippen MR) is 135 cm³/mol. The number of hydrogen-bond acceptors (Lipinski definition) is 8. The number of aliphatic hydroxyl groups is 1. The van der Waals surface area contributed by atoms with Crippen molar-refractivity contribution >= 4 is 49.8 Å². The monoisotopic (exact) mass is 497 g/mol. The Balaban J connectivity index is 1.59. The molecule has 1 atom stereocenters. The SMILES string of the molecule is COc1ccc2nc(N3C(=O)C(=O)C(=C(O)c4c(C)nc5ccccn45)C3c3cccnc3)sc2c1. The van der Waals surface area contributed by atoms with Gasteiger partial charge in [-0.2, -0.15) is 0 Å². The first-order chi connectivity index (χ1) is 17.5. The molecule has 178 valence electrons. The summed E-state index contributed by atoms with van der Waals surface area (Å²) >= 11 is 1.26. The summed E-state index contributed by atoms with van der Waals surface area (Å²) in [4.78, 5) is 41.6. The van der Waals surface area contributed by atoms with Crippen molar-refractivity contribution in [3.63, 3.8) is 0 Å². The van der Waals surface area contributed by atoms with Crippen molar-refractivity contribution in [1.29, 1.82) is 0 Å². The van der Waals surface area contributed by atoms with Gasteiger partial charge in [-0.3, -0.25) is 23.9 Å². The molecule has 5 aromatic rings.